The van der Waals surface area contributed by atoms with Crippen LogP contribution in [0.4, 0.5) is 4.79 Å². The van der Waals surface area contributed by atoms with Gasteiger partial charge in [-0.15, -0.1) is 5.10 Å². The number of benzene rings is 1. The second-order valence-corrected chi connectivity index (χ2v) is 10.1. The van der Waals surface area contributed by atoms with E-state index < -0.39 is 16.2 Å². The Morgan fingerprint density at radius 2 is 1.88 bits per heavy atom. The van der Waals surface area contributed by atoms with Crippen LogP contribution in [0, 0.1) is 0 Å². The van der Waals surface area contributed by atoms with Crippen molar-refractivity contribution in [3.05, 3.63) is 45.6 Å². The van der Waals surface area contributed by atoms with Crippen molar-refractivity contribution in [2.45, 2.75) is 58.9 Å². The van der Waals surface area contributed by atoms with Crippen molar-refractivity contribution in [2.24, 2.45) is 0 Å². The highest BCUT2D eigenvalue weighted by Gasteiger charge is 2.20. The Bertz CT molecular complexity index is 1010. The van der Waals surface area contributed by atoms with Gasteiger partial charge in [0.15, 0.2) is 0 Å². The van der Waals surface area contributed by atoms with Gasteiger partial charge in [-0.1, -0.05) is 62.4 Å². The number of ether oxygens (including phenoxy) is 1. The maximum atomic E-state index is 12.3. The van der Waals surface area contributed by atoms with Gasteiger partial charge in [0.05, 0.1) is 18.9 Å². The number of rotatable bonds is 14. The molecule has 1 N–H and O–H groups in total. The fraction of sp³-hybridized carbons (Fsp3) is 0.545. The molecule has 0 fully saturated rings. The minimum atomic E-state index is -4.07. The van der Waals surface area contributed by atoms with Gasteiger partial charge < -0.3 is 14.2 Å². The summed E-state index contributed by atoms with van der Waals surface area (Å²) in [6, 6.07) is 6.84. The van der Waals surface area contributed by atoms with E-state index in [1.165, 1.54) is 0 Å². The summed E-state index contributed by atoms with van der Waals surface area (Å²) in [6.45, 7) is 5.28. The number of aryl methyl sites for hydroxylation is 1. The van der Waals surface area contributed by atoms with E-state index in [-0.39, 0.29) is 12.2 Å². The number of nitrogens with one attached hydrogen (secondary N) is 1. The molecule has 0 bridgehead atoms. The number of hydrogen-bond donors (Lipinski definition) is 1. The molecular formula is C22H31Cl2N3O5S. The van der Waals surface area contributed by atoms with Crippen LogP contribution >= 0.6 is 23.2 Å². The van der Waals surface area contributed by atoms with E-state index >= 15 is 0 Å². The monoisotopic (exact) mass is 519 g/mol. The summed E-state index contributed by atoms with van der Waals surface area (Å²) in [5.41, 5.74) is 1.39. The molecule has 0 spiro atoms. The predicted octanol–water partition coefficient (Wildman–Crippen LogP) is 5.21. The van der Waals surface area contributed by atoms with E-state index in [1.54, 1.807) is 28.9 Å². The van der Waals surface area contributed by atoms with Crippen LogP contribution in [0.25, 0.3) is 0 Å². The maximum absolute atomic E-state index is 12.3. The molecule has 0 saturated heterocycles. The fourth-order valence-corrected chi connectivity index (χ4v) is 4.25. The van der Waals surface area contributed by atoms with E-state index in [0.717, 1.165) is 37.7 Å². The first-order valence-corrected chi connectivity index (χ1v) is 13.4. The lowest BCUT2D eigenvalue weighted by molar-refractivity contribution is 0.202. The first-order chi connectivity index (χ1) is 15.7. The van der Waals surface area contributed by atoms with Crippen LogP contribution in [0.15, 0.2) is 24.3 Å². The van der Waals surface area contributed by atoms with Crippen LogP contribution in [-0.2, 0) is 27.3 Å². The second kappa shape index (κ2) is 13.7. The highest BCUT2D eigenvalue weighted by atomic mass is 35.5. The van der Waals surface area contributed by atoms with E-state index in [1.807, 2.05) is 6.92 Å². The summed E-state index contributed by atoms with van der Waals surface area (Å²) in [5, 5.41) is 7.90. The molecule has 0 aliphatic rings. The third kappa shape index (κ3) is 9.81. The molecule has 1 aromatic carbocycles. The molecule has 0 radical (unpaired) electrons. The van der Waals surface area contributed by atoms with Crippen LogP contribution in [0.5, 0.6) is 5.88 Å². The van der Waals surface area contributed by atoms with E-state index in [2.05, 4.69) is 21.5 Å². The number of aromatic nitrogens is 2. The van der Waals surface area contributed by atoms with Crippen molar-refractivity contribution < 1.29 is 22.1 Å². The van der Waals surface area contributed by atoms with Crippen molar-refractivity contribution in [2.75, 3.05) is 18.9 Å². The largest absolute Gasteiger partial charge is 0.477 e. The van der Waals surface area contributed by atoms with Crippen molar-refractivity contribution in [1.29, 1.82) is 0 Å². The Morgan fingerprint density at radius 1 is 1.12 bits per heavy atom. The highest BCUT2D eigenvalue weighted by Crippen LogP contribution is 2.23. The Labute approximate surface area is 205 Å². The minimum Gasteiger partial charge on any atom is -0.477 e. The van der Waals surface area contributed by atoms with Gasteiger partial charge in [-0.3, -0.25) is 4.68 Å². The molecule has 0 saturated carbocycles. The normalized spacial score (nSPS) is 11.4. The summed E-state index contributed by atoms with van der Waals surface area (Å²) in [7, 11) is -4.07. The molecule has 1 heterocycles. The lowest BCUT2D eigenvalue weighted by atomic mass is 10.2. The number of carbonyl (C=O) groups excluding carboxylic acids is 1. The average molecular weight is 520 g/mol. The molecule has 1 aromatic heterocycles. The van der Waals surface area contributed by atoms with Gasteiger partial charge in [0, 0.05) is 34.8 Å². The lowest BCUT2D eigenvalue weighted by Crippen LogP contribution is -2.29. The zero-order valence-electron chi connectivity index (χ0n) is 19.0. The first-order valence-electron chi connectivity index (χ1n) is 11.1. The quantitative estimate of drug-likeness (QED) is 0.271. The van der Waals surface area contributed by atoms with Crippen molar-refractivity contribution in [3.8, 4) is 5.88 Å². The number of halogens is 2. The SMILES string of the molecule is CCCCCNC(=O)OS(=O)(=O)CCc1cc(OCCCC)nn1Cc1ccc(Cl)cc1Cl. The molecule has 184 valence electrons. The number of carbonyl (C=O) groups is 1. The number of unbranched alkanes of at least 4 members (excludes halogenated alkanes) is 3. The third-order valence-electron chi connectivity index (χ3n) is 4.78. The molecule has 0 aliphatic carbocycles. The van der Waals surface area contributed by atoms with E-state index in [0.29, 0.717) is 41.3 Å². The van der Waals surface area contributed by atoms with Gasteiger partial charge in [-0.05, 0) is 30.5 Å². The molecule has 2 rings (SSSR count). The van der Waals surface area contributed by atoms with Gasteiger partial charge in [0.25, 0.3) is 0 Å². The fourth-order valence-electron chi connectivity index (χ4n) is 2.95. The number of amides is 1. The van der Waals surface area contributed by atoms with E-state index in [9.17, 15) is 13.2 Å². The average Bonchev–Trinajstić information content (AvgIpc) is 3.13. The third-order valence-corrected chi connectivity index (χ3v) is 6.48. The van der Waals surface area contributed by atoms with Crippen LogP contribution in [-0.4, -0.2) is 43.2 Å². The lowest BCUT2D eigenvalue weighted by Gasteiger charge is -2.10. The van der Waals surface area contributed by atoms with Gasteiger partial charge >= 0.3 is 16.2 Å². The summed E-state index contributed by atoms with van der Waals surface area (Å²) in [4.78, 5) is 11.8. The summed E-state index contributed by atoms with van der Waals surface area (Å²) >= 11 is 12.3. The standard InChI is InChI=1S/C22H31Cl2N3O5S/c1-3-5-7-11-25-22(28)32-33(29,30)13-10-19-15-21(31-12-6-4-2)26-27(19)16-17-8-9-18(23)14-20(17)24/h8-9,14-15H,3-7,10-13,16H2,1-2H3,(H,25,28). The van der Waals surface area contributed by atoms with Gasteiger partial charge in [0.2, 0.25) is 5.88 Å². The zero-order valence-corrected chi connectivity index (χ0v) is 21.3. The van der Waals surface area contributed by atoms with Crippen molar-refractivity contribution >= 4 is 39.4 Å². The van der Waals surface area contributed by atoms with E-state index in [4.69, 9.17) is 27.9 Å². The molecule has 1 amide bonds. The molecule has 11 heteroatoms. The Morgan fingerprint density at radius 3 is 2.58 bits per heavy atom. The highest BCUT2D eigenvalue weighted by molar-refractivity contribution is 7.87. The number of nitrogens with zero attached hydrogens (tertiary/aromatic N) is 2. The topological polar surface area (TPSA) is 99.5 Å². The zero-order chi connectivity index (χ0) is 24.3. The van der Waals surface area contributed by atoms with Crippen molar-refractivity contribution in [1.82, 2.24) is 15.1 Å². The van der Waals surface area contributed by atoms with Gasteiger partial charge in [-0.25, -0.2) is 4.79 Å². The molecule has 0 atom stereocenters. The van der Waals surface area contributed by atoms with Crippen molar-refractivity contribution in [3.63, 3.8) is 0 Å². The molecule has 8 nitrogen and oxygen atoms in total. The summed E-state index contributed by atoms with van der Waals surface area (Å²) < 4.78 is 36.6. The molecule has 2 aromatic rings. The smallest absolute Gasteiger partial charge is 0.422 e. The Kier molecular flexibility index (Phi) is 11.3. The number of hydrogen-bond acceptors (Lipinski definition) is 6. The Balaban J connectivity index is 2.07. The van der Waals surface area contributed by atoms with Gasteiger partial charge in [-0.2, -0.15) is 8.42 Å². The molecule has 33 heavy (non-hydrogen) atoms. The van der Waals surface area contributed by atoms with Gasteiger partial charge in [0.1, 0.15) is 0 Å². The predicted molar refractivity (Wildman–Crippen MR) is 130 cm³/mol. The van der Waals surface area contributed by atoms with Crippen LogP contribution < -0.4 is 10.1 Å². The first kappa shape index (κ1) is 27.3. The minimum absolute atomic E-state index is 0.0841. The van der Waals surface area contributed by atoms with Crippen LogP contribution in [0.2, 0.25) is 10.0 Å². The summed E-state index contributed by atoms with van der Waals surface area (Å²) in [6.07, 6.45) is 3.67. The summed E-state index contributed by atoms with van der Waals surface area (Å²) in [5.74, 6) is 0.0135. The van der Waals surface area contributed by atoms with Crippen LogP contribution in [0.3, 0.4) is 0 Å². The maximum Gasteiger partial charge on any atom is 0.422 e. The molecule has 0 unspecified atom stereocenters. The second-order valence-electron chi connectivity index (χ2n) is 7.59. The van der Waals surface area contributed by atoms with Crippen LogP contribution in [0.1, 0.15) is 57.2 Å². The Hall–Kier alpha value is -1.97. The molecule has 0 aliphatic heterocycles. The molecular weight excluding hydrogens is 489 g/mol.